The quantitative estimate of drug-likeness (QED) is 0.504. The summed E-state index contributed by atoms with van der Waals surface area (Å²) in [6.07, 6.45) is 0. The smallest absolute Gasteiger partial charge is 0.247 e. The van der Waals surface area contributed by atoms with Crippen molar-refractivity contribution in [2.45, 2.75) is 13.0 Å². The minimum absolute atomic E-state index is 0.214. The van der Waals surface area contributed by atoms with Crippen molar-refractivity contribution in [1.82, 2.24) is 15.5 Å². The lowest BCUT2D eigenvalue weighted by Crippen LogP contribution is -2.55. The molecule has 1 fully saturated rings. The third-order valence-corrected chi connectivity index (χ3v) is 2.29. The topological polar surface area (TPSA) is 81.7 Å². The van der Waals surface area contributed by atoms with Gasteiger partial charge in [-0.2, -0.15) is 0 Å². The van der Waals surface area contributed by atoms with Gasteiger partial charge >= 0.3 is 0 Å². The van der Waals surface area contributed by atoms with E-state index in [-0.39, 0.29) is 18.4 Å². The van der Waals surface area contributed by atoms with Crippen molar-refractivity contribution in [3.8, 4) is 0 Å². The number of hydrogen-bond donors (Lipinski definition) is 3. The predicted octanol–water partition coefficient (Wildman–Crippen LogP) is -2.08. The number of hydrogen-bond acceptors (Lipinski definition) is 4. The van der Waals surface area contributed by atoms with E-state index in [1.54, 1.807) is 4.90 Å². The van der Waals surface area contributed by atoms with E-state index in [4.69, 9.17) is 5.11 Å². The van der Waals surface area contributed by atoms with Crippen molar-refractivity contribution < 1.29 is 14.7 Å². The summed E-state index contributed by atoms with van der Waals surface area (Å²) in [5.41, 5.74) is 0. The number of rotatable bonds is 3. The van der Waals surface area contributed by atoms with Crippen LogP contribution in [-0.2, 0) is 9.59 Å². The van der Waals surface area contributed by atoms with Crippen LogP contribution in [0.3, 0.4) is 0 Å². The summed E-state index contributed by atoms with van der Waals surface area (Å²) < 4.78 is 0. The molecule has 1 rings (SSSR count). The van der Waals surface area contributed by atoms with E-state index in [9.17, 15) is 9.59 Å². The Hall–Kier alpha value is -1.14. The molecule has 0 unspecified atom stereocenters. The molecule has 0 aromatic heterocycles. The summed E-state index contributed by atoms with van der Waals surface area (Å²) in [6.45, 7) is 3.72. The zero-order valence-electron chi connectivity index (χ0n) is 8.82. The van der Waals surface area contributed by atoms with E-state index < -0.39 is 6.04 Å². The van der Waals surface area contributed by atoms with Crippen LogP contribution in [0.25, 0.3) is 0 Å². The first-order chi connectivity index (χ1) is 7.15. The van der Waals surface area contributed by atoms with Gasteiger partial charge in [-0.1, -0.05) is 0 Å². The Morgan fingerprint density at radius 2 is 2.07 bits per heavy atom. The minimum atomic E-state index is -0.805. The number of carbonyl (C=O) groups excluding carboxylic acids is 2. The van der Waals surface area contributed by atoms with Gasteiger partial charge < -0.3 is 20.6 Å². The molecule has 0 bridgehead atoms. The van der Waals surface area contributed by atoms with E-state index in [2.05, 4.69) is 10.6 Å². The standard InChI is InChI=1S/C9H17N3O3/c1-7(14)11-8(6-13)9(15)12-4-2-10-3-5-12/h8,10,13H,2-6H2,1H3,(H,11,14)/t8-/m1/s1. The first-order valence-corrected chi connectivity index (χ1v) is 5.02. The van der Waals surface area contributed by atoms with Gasteiger partial charge in [0.25, 0.3) is 0 Å². The number of piperazine rings is 1. The highest BCUT2D eigenvalue weighted by Gasteiger charge is 2.25. The molecular weight excluding hydrogens is 198 g/mol. The molecule has 3 N–H and O–H groups in total. The molecule has 1 aliphatic heterocycles. The predicted molar refractivity (Wildman–Crippen MR) is 54.1 cm³/mol. The zero-order valence-corrected chi connectivity index (χ0v) is 8.82. The summed E-state index contributed by atoms with van der Waals surface area (Å²) in [7, 11) is 0. The molecule has 1 atom stereocenters. The van der Waals surface area contributed by atoms with Crippen LogP contribution in [0.2, 0.25) is 0 Å². The molecule has 1 aliphatic rings. The van der Waals surface area contributed by atoms with Gasteiger partial charge in [-0.05, 0) is 0 Å². The van der Waals surface area contributed by atoms with Gasteiger partial charge in [0.1, 0.15) is 6.04 Å². The highest BCUT2D eigenvalue weighted by atomic mass is 16.3. The average molecular weight is 215 g/mol. The molecule has 6 nitrogen and oxygen atoms in total. The van der Waals surface area contributed by atoms with Crippen LogP contribution >= 0.6 is 0 Å². The van der Waals surface area contributed by atoms with Crippen molar-refractivity contribution in [3.05, 3.63) is 0 Å². The molecular formula is C9H17N3O3. The lowest BCUT2D eigenvalue weighted by molar-refractivity contribution is -0.137. The molecule has 2 amide bonds. The molecule has 1 heterocycles. The number of nitrogens with one attached hydrogen (secondary N) is 2. The van der Waals surface area contributed by atoms with Gasteiger partial charge in [-0.15, -0.1) is 0 Å². The first-order valence-electron chi connectivity index (χ1n) is 5.02. The Bertz CT molecular complexity index is 239. The first kappa shape index (κ1) is 11.9. The molecule has 6 heteroatoms. The van der Waals surface area contributed by atoms with Crippen molar-refractivity contribution >= 4 is 11.8 Å². The maximum absolute atomic E-state index is 11.8. The largest absolute Gasteiger partial charge is 0.394 e. The highest BCUT2D eigenvalue weighted by molar-refractivity contribution is 5.87. The number of amides is 2. The second-order valence-electron chi connectivity index (χ2n) is 3.51. The lowest BCUT2D eigenvalue weighted by atomic mass is 10.2. The molecule has 0 saturated carbocycles. The van der Waals surface area contributed by atoms with E-state index in [1.807, 2.05) is 0 Å². The fourth-order valence-electron chi connectivity index (χ4n) is 1.54. The number of aliphatic hydroxyl groups excluding tert-OH is 1. The number of nitrogens with zero attached hydrogens (tertiary/aromatic N) is 1. The zero-order chi connectivity index (χ0) is 11.3. The van der Waals surface area contributed by atoms with Crippen molar-refractivity contribution in [2.75, 3.05) is 32.8 Å². The average Bonchev–Trinajstić information content (AvgIpc) is 2.26. The summed E-state index contributed by atoms with van der Waals surface area (Å²) in [6, 6.07) is -0.805. The van der Waals surface area contributed by atoms with E-state index in [0.717, 1.165) is 13.1 Å². The van der Waals surface area contributed by atoms with Crippen molar-refractivity contribution in [2.24, 2.45) is 0 Å². The van der Waals surface area contributed by atoms with E-state index >= 15 is 0 Å². The van der Waals surface area contributed by atoms with Gasteiger partial charge in [-0.3, -0.25) is 9.59 Å². The Kier molecular flexibility index (Phi) is 4.51. The van der Waals surface area contributed by atoms with Crippen LogP contribution in [0.5, 0.6) is 0 Å². The molecule has 0 aromatic carbocycles. The Balaban J connectivity index is 2.50. The normalized spacial score (nSPS) is 18.4. The molecule has 0 spiro atoms. The van der Waals surface area contributed by atoms with Crippen LogP contribution in [-0.4, -0.2) is 60.6 Å². The number of carbonyl (C=O) groups is 2. The van der Waals surface area contributed by atoms with Crippen molar-refractivity contribution in [3.63, 3.8) is 0 Å². The monoisotopic (exact) mass is 215 g/mol. The van der Waals surface area contributed by atoms with Crippen LogP contribution in [0, 0.1) is 0 Å². The van der Waals surface area contributed by atoms with Gasteiger partial charge in [0.05, 0.1) is 6.61 Å². The number of aliphatic hydroxyl groups is 1. The third-order valence-electron chi connectivity index (χ3n) is 2.29. The van der Waals surface area contributed by atoms with Gasteiger partial charge in [0.15, 0.2) is 0 Å². The summed E-state index contributed by atoms with van der Waals surface area (Å²) in [4.78, 5) is 24.2. The van der Waals surface area contributed by atoms with Gasteiger partial charge in [-0.25, -0.2) is 0 Å². The fraction of sp³-hybridized carbons (Fsp3) is 0.778. The summed E-state index contributed by atoms with van der Waals surface area (Å²) in [5.74, 6) is -0.522. The molecule has 0 radical (unpaired) electrons. The van der Waals surface area contributed by atoms with Crippen LogP contribution < -0.4 is 10.6 Å². The Labute approximate surface area is 88.6 Å². The minimum Gasteiger partial charge on any atom is -0.394 e. The maximum Gasteiger partial charge on any atom is 0.247 e. The maximum atomic E-state index is 11.8. The van der Waals surface area contributed by atoms with Gasteiger partial charge in [0.2, 0.25) is 11.8 Å². The third kappa shape index (κ3) is 3.49. The van der Waals surface area contributed by atoms with E-state index in [1.165, 1.54) is 6.92 Å². The lowest BCUT2D eigenvalue weighted by Gasteiger charge is -2.30. The van der Waals surface area contributed by atoms with Crippen LogP contribution in [0.1, 0.15) is 6.92 Å². The molecule has 15 heavy (non-hydrogen) atoms. The molecule has 86 valence electrons. The summed E-state index contributed by atoms with van der Waals surface area (Å²) >= 11 is 0. The van der Waals surface area contributed by atoms with Crippen LogP contribution in [0.15, 0.2) is 0 Å². The molecule has 0 aromatic rings. The van der Waals surface area contributed by atoms with Gasteiger partial charge in [0, 0.05) is 33.1 Å². The fourth-order valence-corrected chi connectivity index (χ4v) is 1.54. The second-order valence-corrected chi connectivity index (χ2v) is 3.51. The summed E-state index contributed by atoms with van der Waals surface area (Å²) in [5, 5.41) is 14.5. The SMILES string of the molecule is CC(=O)N[C@H](CO)C(=O)N1CCNCC1. The van der Waals surface area contributed by atoms with Crippen molar-refractivity contribution in [1.29, 1.82) is 0 Å². The van der Waals surface area contributed by atoms with E-state index in [0.29, 0.717) is 13.1 Å². The Morgan fingerprint density at radius 1 is 1.47 bits per heavy atom. The highest BCUT2D eigenvalue weighted by Crippen LogP contribution is 1.97. The van der Waals surface area contributed by atoms with Crippen LogP contribution in [0.4, 0.5) is 0 Å². The Morgan fingerprint density at radius 3 is 2.53 bits per heavy atom. The second kappa shape index (κ2) is 5.67. The molecule has 0 aliphatic carbocycles. The molecule has 1 saturated heterocycles.